The summed E-state index contributed by atoms with van der Waals surface area (Å²) in [5, 5.41) is 12.0. The van der Waals surface area contributed by atoms with Crippen molar-refractivity contribution < 1.29 is 14.0 Å². The fourth-order valence-electron chi connectivity index (χ4n) is 4.54. The Hall–Kier alpha value is -1.04. The van der Waals surface area contributed by atoms with Crippen LogP contribution < -0.4 is 10.4 Å². The van der Waals surface area contributed by atoms with E-state index in [1.807, 2.05) is 12.2 Å². The van der Waals surface area contributed by atoms with E-state index in [0.717, 1.165) is 10.0 Å². The Morgan fingerprint density at radius 2 is 1.38 bits per heavy atom. The summed E-state index contributed by atoms with van der Waals surface area (Å²) >= 11 is 2.33. The van der Waals surface area contributed by atoms with Crippen LogP contribution in [-0.4, -0.2) is 40.6 Å². The van der Waals surface area contributed by atoms with Crippen molar-refractivity contribution in [3.05, 3.63) is 83.0 Å². The molecule has 0 spiro atoms. The molecule has 6 heteroatoms. The molecule has 0 aliphatic heterocycles. The van der Waals surface area contributed by atoms with Crippen LogP contribution in [0, 0.1) is 0 Å². The van der Waals surface area contributed by atoms with E-state index in [2.05, 4.69) is 144 Å². The van der Waals surface area contributed by atoms with E-state index in [0.29, 0.717) is 6.42 Å². The minimum atomic E-state index is -2.72. The predicted octanol–water partition coefficient (Wildman–Crippen LogP) is 7.60. The zero-order valence-electron chi connectivity index (χ0n) is 24.1. The van der Waals surface area contributed by atoms with Crippen molar-refractivity contribution in [1.29, 1.82) is 0 Å². The maximum atomic E-state index is 9.49. The molecule has 204 valence electrons. The number of aliphatic hydroxyl groups excluding tert-OH is 1. The number of rotatable bonds is 12. The topological polar surface area (TPSA) is 38.7 Å². The highest BCUT2D eigenvalue weighted by molar-refractivity contribution is 14.1. The molecule has 0 saturated heterocycles. The number of hydrogen-bond acceptors (Lipinski definition) is 3. The molecule has 0 aliphatic rings. The zero-order chi connectivity index (χ0) is 27.9. The largest absolute Gasteiger partial charge is 0.413 e. The van der Waals surface area contributed by atoms with Gasteiger partial charge in [0.2, 0.25) is 0 Å². The molecule has 2 rings (SSSR count). The average molecular weight is 651 g/mol. The maximum Gasteiger partial charge on any atom is 0.261 e. The highest BCUT2D eigenvalue weighted by Gasteiger charge is 2.51. The summed E-state index contributed by atoms with van der Waals surface area (Å²) in [5.41, 5.74) is 0. The van der Waals surface area contributed by atoms with Gasteiger partial charge in [-0.05, 0) is 65.8 Å². The summed E-state index contributed by atoms with van der Waals surface area (Å²) in [6.45, 7) is 22.6. The molecule has 0 aromatic heterocycles. The molecule has 2 aromatic rings. The van der Waals surface area contributed by atoms with Crippen LogP contribution in [0.1, 0.15) is 54.4 Å². The fraction of sp³-hybridized carbons (Fsp3) is 0.484. The molecule has 1 N–H and O–H groups in total. The van der Waals surface area contributed by atoms with Gasteiger partial charge < -0.3 is 14.0 Å². The van der Waals surface area contributed by atoms with Gasteiger partial charge in [-0.3, -0.25) is 0 Å². The van der Waals surface area contributed by atoms with Gasteiger partial charge in [0.05, 0.1) is 18.8 Å². The summed E-state index contributed by atoms with van der Waals surface area (Å²) in [4.78, 5) is 0. The molecule has 2 atom stereocenters. The monoisotopic (exact) mass is 650 g/mol. The summed E-state index contributed by atoms with van der Waals surface area (Å²) in [5.74, 6) is 0. The fourth-order valence-corrected chi connectivity index (χ4v) is 11.3. The number of hydrogen-bond donors (Lipinski definition) is 1. The Morgan fingerprint density at radius 3 is 1.76 bits per heavy atom. The van der Waals surface area contributed by atoms with Crippen LogP contribution in [0.5, 0.6) is 0 Å². The highest BCUT2D eigenvalue weighted by atomic mass is 127. The first-order valence-electron chi connectivity index (χ1n) is 13.2. The minimum absolute atomic E-state index is 0.0307. The second kappa shape index (κ2) is 13.4. The zero-order valence-corrected chi connectivity index (χ0v) is 28.2. The molecular weight excluding hydrogens is 603 g/mol. The van der Waals surface area contributed by atoms with Gasteiger partial charge in [-0.2, -0.15) is 0 Å². The van der Waals surface area contributed by atoms with Gasteiger partial charge >= 0.3 is 0 Å². The third-order valence-electron chi connectivity index (χ3n) is 7.51. The lowest BCUT2D eigenvalue weighted by atomic mass is 10.1. The van der Waals surface area contributed by atoms with Crippen molar-refractivity contribution in [3.63, 3.8) is 0 Å². The molecule has 0 radical (unpaired) electrons. The number of benzene rings is 2. The summed E-state index contributed by atoms with van der Waals surface area (Å²) in [6.07, 6.45) is 5.09. The van der Waals surface area contributed by atoms with Crippen molar-refractivity contribution in [2.75, 3.05) is 6.61 Å². The quantitative estimate of drug-likeness (QED) is 0.146. The first-order valence-corrected chi connectivity index (χ1v) is 19.1. The molecule has 0 bridgehead atoms. The predicted molar refractivity (Wildman–Crippen MR) is 173 cm³/mol. The van der Waals surface area contributed by atoms with Crippen molar-refractivity contribution in [2.45, 2.75) is 89.8 Å². The van der Waals surface area contributed by atoms with Gasteiger partial charge in [-0.25, -0.2) is 0 Å². The molecule has 0 unspecified atom stereocenters. The van der Waals surface area contributed by atoms with E-state index >= 15 is 0 Å². The lowest BCUT2D eigenvalue weighted by Gasteiger charge is -2.45. The Bertz CT molecular complexity index is 969. The van der Waals surface area contributed by atoms with E-state index in [1.54, 1.807) is 0 Å². The molecule has 0 aliphatic carbocycles. The van der Waals surface area contributed by atoms with Gasteiger partial charge in [-0.1, -0.05) is 108 Å². The lowest BCUT2D eigenvalue weighted by Crippen LogP contribution is -2.67. The molecular formula is C31H47IO3Si2. The Kier molecular flexibility index (Phi) is 11.6. The molecule has 0 heterocycles. The summed E-state index contributed by atoms with van der Waals surface area (Å²) in [7, 11) is -4.75. The molecule has 0 fully saturated rings. The van der Waals surface area contributed by atoms with Gasteiger partial charge in [0, 0.05) is 12.8 Å². The number of aliphatic hydroxyl groups is 1. The van der Waals surface area contributed by atoms with E-state index < -0.39 is 16.6 Å². The van der Waals surface area contributed by atoms with Crippen molar-refractivity contribution >= 4 is 49.6 Å². The Morgan fingerprint density at radius 1 is 0.892 bits per heavy atom. The molecule has 3 nitrogen and oxygen atoms in total. The van der Waals surface area contributed by atoms with Crippen molar-refractivity contribution in [2.24, 2.45) is 0 Å². The van der Waals surface area contributed by atoms with Crippen molar-refractivity contribution in [3.8, 4) is 0 Å². The van der Waals surface area contributed by atoms with Crippen LogP contribution in [0.3, 0.4) is 0 Å². The second-order valence-corrected chi connectivity index (χ2v) is 22.7. The second-order valence-electron chi connectivity index (χ2n) is 12.3. The average Bonchev–Trinajstić information content (AvgIpc) is 2.81. The standard InChI is InChI=1S/C31H47IO3Si2/c1-10-26(24-27(23-25(32)21-22-33)34-36(8,9)30(2,3)4)35-37(31(5,6)7,28-17-13-11-14-18-28)29-19-15-12-16-20-29/h10-21,26-27,33H,1,22-24H2,2-9H3/b25-21-/t26-,27-/m1/s1. The normalized spacial score (nSPS) is 15.4. The lowest BCUT2D eigenvalue weighted by molar-refractivity contribution is 0.118. The Balaban J connectivity index is 2.56. The highest BCUT2D eigenvalue weighted by Crippen LogP contribution is 2.41. The van der Waals surface area contributed by atoms with Crippen LogP contribution in [-0.2, 0) is 8.85 Å². The third kappa shape index (κ3) is 8.23. The van der Waals surface area contributed by atoms with Crippen LogP contribution in [0.2, 0.25) is 23.2 Å². The maximum absolute atomic E-state index is 9.49. The van der Waals surface area contributed by atoms with E-state index in [-0.39, 0.29) is 28.9 Å². The molecule has 0 amide bonds. The minimum Gasteiger partial charge on any atom is -0.413 e. The van der Waals surface area contributed by atoms with Crippen LogP contribution >= 0.6 is 22.6 Å². The van der Waals surface area contributed by atoms with Crippen LogP contribution in [0.25, 0.3) is 0 Å². The summed E-state index contributed by atoms with van der Waals surface area (Å²) < 4.78 is 15.5. The van der Waals surface area contributed by atoms with Gasteiger partial charge in [0.25, 0.3) is 8.32 Å². The SMILES string of the molecule is C=C[C@H](C[C@@H](C/C(I)=C/CO)O[Si](C)(C)C(C)(C)C)O[Si](c1ccccc1)(c1ccccc1)C(C)(C)C. The molecule has 2 aromatic carbocycles. The molecule has 37 heavy (non-hydrogen) atoms. The molecule has 0 saturated carbocycles. The van der Waals surface area contributed by atoms with Gasteiger partial charge in [0.1, 0.15) is 0 Å². The number of halogens is 1. The van der Waals surface area contributed by atoms with E-state index in [9.17, 15) is 5.11 Å². The Labute approximate surface area is 241 Å². The summed E-state index contributed by atoms with van der Waals surface area (Å²) in [6, 6.07) is 21.5. The van der Waals surface area contributed by atoms with E-state index in [4.69, 9.17) is 8.85 Å². The van der Waals surface area contributed by atoms with Gasteiger partial charge in [-0.15, -0.1) is 6.58 Å². The van der Waals surface area contributed by atoms with Crippen LogP contribution in [0.15, 0.2) is 83.0 Å². The first kappa shape index (κ1) is 32.2. The van der Waals surface area contributed by atoms with Crippen molar-refractivity contribution in [1.82, 2.24) is 0 Å². The first-order chi connectivity index (χ1) is 17.2. The van der Waals surface area contributed by atoms with Gasteiger partial charge in [0.15, 0.2) is 8.32 Å². The van der Waals surface area contributed by atoms with E-state index in [1.165, 1.54) is 10.4 Å². The third-order valence-corrected chi connectivity index (χ3v) is 18.0. The van der Waals surface area contributed by atoms with Crippen LogP contribution in [0.4, 0.5) is 0 Å². The smallest absolute Gasteiger partial charge is 0.261 e.